The smallest absolute Gasteiger partial charge is 0.302 e. The molecule has 0 N–H and O–H groups in total. The molecule has 0 unspecified atom stereocenters. The summed E-state index contributed by atoms with van der Waals surface area (Å²) in [5.41, 5.74) is 3.94. The van der Waals surface area contributed by atoms with Crippen LogP contribution in [0.25, 0.3) is 5.57 Å². The van der Waals surface area contributed by atoms with Gasteiger partial charge in [0.05, 0.1) is 5.56 Å². The number of aryl methyl sites for hydroxylation is 2. The predicted octanol–water partition coefficient (Wildman–Crippen LogP) is 6.19. The molecular formula is C30H31F4N3O. The number of benzene rings is 2. The lowest BCUT2D eigenvalue weighted by atomic mass is 9.87. The van der Waals surface area contributed by atoms with Gasteiger partial charge in [-0.05, 0) is 80.0 Å². The third-order valence-corrected chi connectivity index (χ3v) is 7.68. The molecule has 8 heteroatoms. The zero-order valence-electron chi connectivity index (χ0n) is 21.5. The van der Waals surface area contributed by atoms with E-state index in [4.69, 9.17) is 4.98 Å². The molecule has 4 nitrogen and oxygen atoms in total. The largest absolute Gasteiger partial charge is 0.416 e. The Morgan fingerprint density at radius 1 is 0.947 bits per heavy atom. The van der Waals surface area contributed by atoms with Crippen molar-refractivity contribution in [3.63, 3.8) is 0 Å². The highest BCUT2D eigenvalue weighted by Gasteiger charge is 2.31. The fourth-order valence-corrected chi connectivity index (χ4v) is 5.63. The van der Waals surface area contributed by atoms with Gasteiger partial charge in [-0.2, -0.15) is 13.2 Å². The summed E-state index contributed by atoms with van der Waals surface area (Å²) in [6.07, 6.45) is 0.457. The van der Waals surface area contributed by atoms with Crippen molar-refractivity contribution >= 4 is 5.57 Å². The van der Waals surface area contributed by atoms with Gasteiger partial charge in [-0.1, -0.05) is 29.8 Å². The van der Waals surface area contributed by atoms with Gasteiger partial charge < -0.3 is 4.90 Å². The molecule has 2 aliphatic rings. The van der Waals surface area contributed by atoms with Crippen LogP contribution in [-0.4, -0.2) is 34.1 Å². The van der Waals surface area contributed by atoms with Crippen molar-refractivity contribution in [1.82, 2.24) is 14.5 Å². The van der Waals surface area contributed by atoms with Crippen molar-refractivity contribution < 1.29 is 17.6 Å². The normalized spacial score (nSPS) is 16.4. The van der Waals surface area contributed by atoms with Gasteiger partial charge in [0.1, 0.15) is 11.6 Å². The molecule has 1 aromatic heterocycles. The first-order valence-electron chi connectivity index (χ1n) is 13.2. The van der Waals surface area contributed by atoms with Crippen LogP contribution in [0, 0.1) is 12.7 Å². The number of alkyl halides is 3. The maximum Gasteiger partial charge on any atom is 0.416 e. The highest BCUT2D eigenvalue weighted by molar-refractivity contribution is 5.82. The van der Waals surface area contributed by atoms with Crippen LogP contribution in [0.15, 0.2) is 58.9 Å². The lowest BCUT2D eigenvalue weighted by Gasteiger charge is -2.30. The number of aromatic nitrogens is 2. The molecule has 0 radical (unpaired) electrons. The third kappa shape index (κ3) is 5.60. The molecule has 0 amide bonds. The van der Waals surface area contributed by atoms with Crippen LogP contribution in [0.5, 0.6) is 0 Å². The summed E-state index contributed by atoms with van der Waals surface area (Å²) in [6, 6.07) is 11.3. The van der Waals surface area contributed by atoms with Crippen LogP contribution in [0.2, 0.25) is 0 Å². The van der Waals surface area contributed by atoms with E-state index in [1.54, 1.807) is 18.2 Å². The summed E-state index contributed by atoms with van der Waals surface area (Å²) in [6.45, 7) is 4.83. The Morgan fingerprint density at radius 3 is 2.39 bits per heavy atom. The van der Waals surface area contributed by atoms with Gasteiger partial charge in [0, 0.05) is 43.9 Å². The minimum Gasteiger partial charge on any atom is -0.302 e. The number of rotatable bonds is 5. The van der Waals surface area contributed by atoms with Crippen LogP contribution >= 0.6 is 0 Å². The minimum absolute atomic E-state index is 0.0768. The molecule has 2 aromatic carbocycles. The van der Waals surface area contributed by atoms with E-state index >= 15 is 0 Å². The van der Waals surface area contributed by atoms with Gasteiger partial charge in [-0.25, -0.2) is 9.37 Å². The lowest BCUT2D eigenvalue weighted by molar-refractivity contribution is -0.137. The Hall–Kier alpha value is -3.26. The van der Waals surface area contributed by atoms with Crippen LogP contribution < -0.4 is 5.56 Å². The topological polar surface area (TPSA) is 38.1 Å². The molecule has 0 spiro atoms. The number of halogens is 4. The van der Waals surface area contributed by atoms with Crippen molar-refractivity contribution in [1.29, 1.82) is 0 Å². The fourth-order valence-electron chi connectivity index (χ4n) is 5.63. The number of hydrogen-bond acceptors (Lipinski definition) is 3. The molecular weight excluding hydrogens is 494 g/mol. The number of fused-ring (bicyclic) bond motifs is 1. The van der Waals surface area contributed by atoms with Gasteiger partial charge in [0.15, 0.2) is 0 Å². The summed E-state index contributed by atoms with van der Waals surface area (Å²) in [4.78, 5) is 20.1. The Bertz CT molecular complexity index is 1400. The maximum absolute atomic E-state index is 13.6. The Labute approximate surface area is 219 Å². The molecule has 0 atom stereocenters. The van der Waals surface area contributed by atoms with E-state index in [0.717, 1.165) is 79.7 Å². The minimum atomic E-state index is -4.44. The van der Waals surface area contributed by atoms with E-state index in [1.165, 1.54) is 24.3 Å². The number of piperidine rings is 1. The van der Waals surface area contributed by atoms with E-state index in [2.05, 4.69) is 4.90 Å². The second-order valence-electron chi connectivity index (χ2n) is 10.2. The maximum atomic E-state index is 13.6. The lowest BCUT2D eigenvalue weighted by Crippen LogP contribution is -2.36. The Balaban J connectivity index is 1.36. The average Bonchev–Trinajstić information content (AvgIpc) is 2.90. The first-order valence-corrected chi connectivity index (χ1v) is 13.2. The number of nitrogens with zero attached hydrogens (tertiary/aromatic N) is 3. The van der Waals surface area contributed by atoms with Gasteiger partial charge in [-0.3, -0.25) is 9.36 Å². The van der Waals surface area contributed by atoms with Crippen molar-refractivity contribution in [2.75, 3.05) is 19.6 Å². The predicted molar refractivity (Wildman–Crippen MR) is 139 cm³/mol. The molecule has 2 aliphatic heterocycles. The third-order valence-electron chi connectivity index (χ3n) is 7.68. The quantitative estimate of drug-likeness (QED) is 0.373. The molecule has 200 valence electrons. The van der Waals surface area contributed by atoms with Crippen molar-refractivity contribution in [2.45, 2.75) is 58.2 Å². The molecule has 1 fully saturated rings. The van der Waals surface area contributed by atoms with Gasteiger partial charge >= 0.3 is 6.18 Å². The monoisotopic (exact) mass is 525 g/mol. The first kappa shape index (κ1) is 26.4. The van der Waals surface area contributed by atoms with Crippen molar-refractivity contribution in [3.05, 3.63) is 104 Å². The van der Waals surface area contributed by atoms with E-state index < -0.39 is 11.7 Å². The van der Waals surface area contributed by atoms with E-state index in [0.29, 0.717) is 30.4 Å². The summed E-state index contributed by atoms with van der Waals surface area (Å²) in [5.74, 6) is 0.498. The van der Waals surface area contributed by atoms with Crippen molar-refractivity contribution in [2.24, 2.45) is 0 Å². The molecule has 0 aliphatic carbocycles. The highest BCUT2D eigenvalue weighted by Crippen LogP contribution is 2.36. The van der Waals surface area contributed by atoms with Crippen LogP contribution in [-0.2, 0) is 25.6 Å². The summed E-state index contributed by atoms with van der Waals surface area (Å²) >= 11 is 0. The highest BCUT2D eigenvalue weighted by atomic mass is 19.4. The number of hydrogen-bond donors (Lipinski definition) is 0. The zero-order valence-corrected chi connectivity index (χ0v) is 21.5. The van der Waals surface area contributed by atoms with E-state index in [9.17, 15) is 22.4 Å². The van der Waals surface area contributed by atoms with E-state index in [-0.39, 0.29) is 11.4 Å². The summed E-state index contributed by atoms with van der Waals surface area (Å²) in [7, 11) is 0. The van der Waals surface area contributed by atoms with Gasteiger partial charge in [0.25, 0.3) is 5.56 Å². The summed E-state index contributed by atoms with van der Waals surface area (Å²) < 4.78 is 55.8. The van der Waals surface area contributed by atoms with Crippen molar-refractivity contribution in [3.8, 4) is 0 Å². The average molecular weight is 526 g/mol. The molecule has 38 heavy (non-hydrogen) atoms. The number of likely N-dealkylation sites (tertiary alicyclic amines) is 1. The zero-order chi connectivity index (χ0) is 26.9. The molecule has 0 saturated carbocycles. The Morgan fingerprint density at radius 2 is 1.68 bits per heavy atom. The molecule has 1 saturated heterocycles. The second-order valence-corrected chi connectivity index (χ2v) is 10.2. The van der Waals surface area contributed by atoms with Crippen LogP contribution in [0.4, 0.5) is 17.6 Å². The van der Waals surface area contributed by atoms with Gasteiger partial charge in [0.2, 0.25) is 0 Å². The van der Waals surface area contributed by atoms with E-state index in [1.807, 2.05) is 11.5 Å². The SMILES string of the molecule is Cc1nc2n(c(=O)c1CCN1CCC(=C(c3ccc(F)cc3)c3cccc(C(F)(F)F)c3)CC1)CCCC2. The molecule has 5 rings (SSSR count). The Kier molecular flexibility index (Phi) is 7.52. The second kappa shape index (κ2) is 10.8. The standard InChI is InChI=1S/C30H31F4N3O/c1-20-26(29(38)37-15-3-2-7-27(37)35-20)14-18-36-16-12-22(13-17-36)28(21-8-10-25(31)11-9-21)23-5-4-6-24(19-23)30(32,33)34/h4-6,8-11,19H,2-3,7,12-18H2,1H3. The first-order chi connectivity index (χ1) is 18.2. The van der Waals surface area contributed by atoms with Crippen LogP contribution in [0.3, 0.4) is 0 Å². The molecule has 0 bridgehead atoms. The fraction of sp³-hybridized carbons (Fsp3) is 0.400. The van der Waals surface area contributed by atoms with Crippen LogP contribution in [0.1, 0.15) is 59.5 Å². The molecule has 3 heterocycles. The molecule has 3 aromatic rings. The summed E-state index contributed by atoms with van der Waals surface area (Å²) in [5, 5.41) is 0. The van der Waals surface area contributed by atoms with Gasteiger partial charge in [-0.15, -0.1) is 0 Å².